The van der Waals surface area contributed by atoms with E-state index in [9.17, 15) is 10.1 Å². The molecule has 0 saturated heterocycles. The quantitative estimate of drug-likeness (QED) is 0.778. The molecule has 5 nitrogen and oxygen atoms in total. The summed E-state index contributed by atoms with van der Waals surface area (Å²) in [6.45, 7) is 2.52. The molecule has 3 rings (SSSR count). The van der Waals surface area contributed by atoms with Crippen LogP contribution in [0.15, 0.2) is 29.3 Å². The first-order valence-corrected chi connectivity index (χ1v) is 10.1. The van der Waals surface area contributed by atoms with Crippen LogP contribution in [0.25, 0.3) is 10.9 Å². The number of carbonyl (C=O) groups is 1. The normalized spacial score (nSPS) is 14.8. The lowest BCUT2D eigenvalue weighted by atomic mass is 9.95. The number of pyridine rings is 1. The van der Waals surface area contributed by atoms with E-state index in [1.807, 2.05) is 31.2 Å². The Balaban J connectivity index is 1.69. The summed E-state index contributed by atoms with van der Waals surface area (Å²) in [7, 11) is 0. The molecule has 0 unspecified atom stereocenters. The second-order valence-corrected chi connectivity index (χ2v) is 7.40. The number of rotatable bonds is 6. The molecule has 0 aliphatic heterocycles. The molecule has 26 heavy (non-hydrogen) atoms. The van der Waals surface area contributed by atoms with Crippen molar-refractivity contribution in [3.05, 3.63) is 29.8 Å². The smallest absolute Gasteiger partial charge is 0.230 e. The zero-order chi connectivity index (χ0) is 18.4. The second kappa shape index (κ2) is 8.91. The van der Waals surface area contributed by atoms with Gasteiger partial charge in [0.15, 0.2) is 0 Å². The van der Waals surface area contributed by atoms with Crippen molar-refractivity contribution in [1.82, 2.24) is 10.3 Å². The fourth-order valence-corrected chi connectivity index (χ4v) is 4.01. The molecule has 2 aromatic rings. The van der Waals surface area contributed by atoms with Crippen molar-refractivity contribution in [2.24, 2.45) is 0 Å². The summed E-state index contributed by atoms with van der Waals surface area (Å²) in [5.74, 6) is 1.05. The van der Waals surface area contributed by atoms with Crippen molar-refractivity contribution < 1.29 is 9.53 Å². The number of aromatic nitrogens is 1. The standard InChI is InChI=1S/C20H23N3O2S/c1-2-25-17-8-9-18-14(11-17)10-15(12-21)20(23-18)26-13-19(24)22-16-6-4-3-5-7-16/h8-11,16H,2-7,13H2,1H3,(H,22,24). The summed E-state index contributed by atoms with van der Waals surface area (Å²) in [6.07, 6.45) is 5.77. The average Bonchev–Trinajstić information content (AvgIpc) is 2.66. The molecule has 0 radical (unpaired) electrons. The number of nitrogens with zero attached hydrogens (tertiary/aromatic N) is 2. The van der Waals surface area contributed by atoms with E-state index in [-0.39, 0.29) is 11.7 Å². The molecule has 136 valence electrons. The van der Waals surface area contributed by atoms with Crippen LogP contribution < -0.4 is 10.1 Å². The van der Waals surface area contributed by atoms with Gasteiger partial charge in [0.2, 0.25) is 5.91 Å². The van der Waals surface area contributed by atoms with Gasteiger partial charge in [-0.2, -0.15) is 5.26 Å². The van der Waals surface area contributed by atoms with Crippen molar-refractivity contribution in [3.63, 3.8) is 0 Å². The number of thioether (sulfide) groups is 1. The Morgan fingerprint density at radius 2 is 2.15 bits per heavy atom. The summed E-state index contributed by atoms with van der Waals surface area (Å²) in [6, 6.07) is 9.94. The topological polar surface area (TPSA) is 75.0 Å². The van der Waals surface area contributed by atoms with E-state index in [1.165, 1.54) is 31.0 Å². The molecule has 1 amide bonds. The second-order valence-electron chi connectivity index (χ2n) is 6.43. The van der Waals surface area contributed by atoms with Gasteiger partial charge in [-0.25, -0.2) is 4.98 Å². The van der Waals surface area contributed by atoms with Gasteiger partial charge >= 0.3 is 0 Å². The highest BCUT2D eigenvalue weighted by atomic mass is 32.2. The predicted octanol–water partition coefficient (Wildman–Crippen LogP) is 4.05. The summed E-state index contributed by atoms with van der Waals surface area (Å²) in [5, 5.41) is 14.0. The number of nitriles is 1. The Morgan fingerprint density at radius 3 is 2.88 bits per heavy atom. The van der Waals surface area contributed by atoms with Crippen LogP contribution in [0.1, 0.15) is 44.6 Å². The van der Waals surface area contributed by atoms with Crippen LogP contribution in [0.3, 0.4) is 0 Å². The summed E-state index contributed by atoms with van der Waals surface area (Å²) >= 11 is 1.32. The molecule has 0 atom stereocenters. The third-order valence-electron chi connectivity index (χ3n) is 4.49. The van der Waals surface area contributed by atoms with Crippen LogP contribution in [0.4, 0.5) is 0 Å². The van der Waals surface area contributed by atoms with Gasteiger partial charge in [0.05, 0.1) is 23.4 Å². The van der Waals surface area contributed by atoms with Crippen LogP contribution in [-0.2, 0) is 4.79 Å². The number of fused-ring (bicyclic) bond motifs is 1. The fraction of sp³-hybridized carbons (Fsp3) is 0.450. The molecular weight excluding hydrogens is 346 g/mol. The minimum Gasteiger partial charge on any atom is -0.494 e. The van der Waals surface area contributed by atoms with Gasteiger partial charge in [-0.3, -0.25) is 4.79 Å². The number of benzene rings is 1. The van der Waals surface area contributed by atoms with Crippen LogP contribution in [0.2, 0.25) is 0 Å². The molecule has 1 N–H and O–H groups in total. The zero-order valence-electron chi connectivity index (χ0n) is 15.0. The number of hydrogen-bond donors (Lipinski definition) is 1. The van der Waals surface area contributed by atoms with E-state index in [4.69, 9.17) is 4.74 Å². The fourth-order valence-electron chi connectivity index (χ4n) is 3.23. The monoisotopic (exact) mass is 369 g/mol. The van der Waals surface area contributed by atoms with E-state index < -0.39 is 0 Å². The Morgan fingerprint density at radius 1 is 1.35 bits per heavy atom. The van der Waals surface area contributed by atoms with Crippen molar-refractivity contribution in [3.8, 4) is 11.8 Å². The number of nitrogens with one attached hydrogen (secondary N) is 1. The van der Waals surface area contributed by atoms with Crippen LogP contribution in [0, 0.1) is 11.3 Å². The molecular formula is C20H23N3O2S. The van der Waals surface area contributed by atoms with Gasteiger partial charge in [-0.05, 0) is 44.0 Å². The molecule has 1 heterocycles. The van der Waals surface area contributed by atoms with Crippen molar-refractivity contribution in [1.29, 1.82) is 5.26 Å². The number of hydrogen-bond acceptors (Lipinski definition) is 5. The maximum atomic E-state index is 12.2. The summed E-state index contributed by atoms with van der Waals surface area (Å²) in [5.41, 5.74) is 1.28. The molecule has 1 saturated carbocycles. The maximum Gasteiger partial charge on any atom is 0.230 e. The van der Waals surface area contributed by atoms with E-state index in [0.717, 1.165) is 29.5 Å². The van der Waals surface area contributed by atoms with Gasteiger partial charge < -0.3 is 10.1 Å². The van der Waals surface area contributed by atoms with Gasteiger partial charge in [-0.15, -0.1) is 0 Å². The maximum absolute atomic E-state index is 12.2. The number of ether oxygens (including phenoxy) is 1. The van der Waals surface area contributed by atoms with Crippen LogP contribution in [0.5, 0.6) is 5.75 Å². The first kappa shape index (κ1) is 18.5. The van der Waals surface area contributed by atoms with Crippen molar-refractivity contribution in [2.75, 3.05) is 12.4 Å². The lowest BCUT2D eigenvalue weighted by Crippen LogP contribution is -2.37. The predicted molar refractivity (Wildman–Crippen MR) is 103 cm³/mol. The Kier molecular flexibility index (Phi) is 6.35. The lowest BCUT2D eigenvalue weighted by Gasteiger charge is -2.22. The molecule has 1 fully saturated rings. The van der Waals surface area contributed by atoms with Crippen molar-refractivity contribution >= 4 is 28.6 Å². The minimum atomic E-state index is 0.0133. The molecule has 0 bridgehead atoms. The van der Waals surface area contributed by atoms with E-state index in [1.54, 1.807) is 0 Å². The lowest BCUT2D eigenvalue weighted by molar-refractivity contribution is -0.119. The zero-order valence-corrected chi connectivity index (χ0v) is 15.8. The first-order chi connectivity index (χ1) is 12.7. The van der Waals surface area contributed by atoms with Crippen LogP contribution in [-0.4, -0.2) is 29.3 Å². The molecule has 1 aliphatic rings. The summed E-state index contributed by atoms with van der Waals surface area (Å²) < 4.78 is 5.50. The highest BCUT2D eigenvalue weighted by Crippen LogP contribution is 2.27. The molecule has 1 aromatic heterocycles. The third kappa shape index (κ3) is 4.67. The Bertz CT molecular complexity index is 826. The first-order valence-electron chi connectivity index (χ1n) is 9.09. The molecule has 0 spiro atoms. The molecule has 6 heteroatoms. The van der Waals surface area contributed by atoms with E-state index in [0.29, 0.717) is 23.2 Å². The third-order valence-corrected chi connectivity index (χ3v) is 5.48. The van der Waals surface area contributed by atoms with Crippen molar-refractivity contribution in [2.45, 2.75) is 50.1 Å². The average molecular weight is 369 g/mol. The minimum absolute atomic E-state index is 0.0133. The summed E-state index contributed by atoms with van der Waals surface area (Å²) in [4.78, 5) is 16.8. The highest BCUT2D eigenvalue weighted by Gasteiger charge is 2.16. The Labute approximate surface area is 158 Å². The van der Waals surface area contributed by atoms with Gasteiger partial charge in [-0.1, -0.05) is 31.0 Å². The molecule has 1 aliphatic carbocycles. The SMILES string of the molecule is CCOc1ccc2nc(SCC(=O)NC3CCCCC3)c(C#N)cc2c1. The highest BCUT2D eigenvalue weighted by molar-refractivity contribution is 8.00. The van der Waals surface area contributed by atoms with E-state index >= 15 is 0 Å². The van der Waals surface area contributed by atoms with Gasteiger partial charge in [0, 0.05) is 11.4 Å². The number of carbonyl (C=O) groups excluding carboxylic acids is 1. The Hall–Kier alpha value is -2.26. The largest absolute Gasteiger partial charge is 0.494 e. The number of amides is 1. The van der Waals surface area contributed by atoms with E-state index in [2.05, 4.69) is 16.4 Å². The van der Waals surface area contributed by atoms with Gasteiger partial charge in [0.1, 0.15) is 16.8 Å². The van der Waals surface area contributed by atoms with Gasteiger partial charge in [0.25, 0.3) is 0 Å². The molecule has 1 aromatic carbocycles. The van der Waals surface area contributed by atoms with Crippen LogP contribution >= 0.6 is 11.8 Å².